The molecule has 0 unspecified atom stereocenters. The first-order chi connectivity index (χ1) is 7.40. The Bertz CT molecular complexity index is 364. The zero-order chi connectivity index (χ0) is 10.5. The van der Waals surface area contributed by atoms with Gasteiger partial charge >= 0.3 is 0 Å². The number of hydrogen-bond donors (Lipinski definition) is 0. The Morgan fingerprint density at radius 3 is 2.80 bits per heavy atom. The van der Waals surface area contributed by atoms with Crippen LogP contribution in [0.5, 0.6) is 0 Å². The molecule has 0 aliphatic heterocycles. The van der Waals surface area contributed by atoms with Gasteiger partial charge in [-0.3, -0.25) is 0 Å². The molecule has 0 spiro atoms. The molecule has 78 valence electrons. The van der Waals surface area contributed by atoms with Gasteiger partial charge < -0.3 is 4.42 Å². The molecule has 1 aromatic heterocycles. The lowest BCUT2D eigenvalue weighted by Gasteiger charge is -2.20. The second-order valence-electron chi connectivity index (χ2n) is 4.06. The summed E-state index contributed by atoms with van der Waals surface area (Å²) in [6.45, 7) is 0. The number of allylic oxidation sites excluding steroid dienone is 1. The van der Waals surface area contributed by atoms with Crippen LogP contribution in [0.25, 0.3) is 6.08 Å². The van der Waals surface area contributed by atoms with Crippen molar-refractivity contribution in [3.05, 3.63) is 29.7 Å². The van der Waals surface area contributed by atoms with Crippen LogP contribution in [0.2, 0.25) is 0 Å². The van der Waals surface area contributed by atoms with Crippen LogP contribution in [0.4, 0.5) is 0 Å². The predicted octanol–water partition coefficient (Wildman–Crippen LogP) is 3.77. The van der Waals surface area contributed by atoms with Crippen molar-refractivity contribution in [2.75, 3.05) is 0 Å². The first-order valence-electron chi connectivity index (χ1n) is 5.55. The summed E-state index contributed by atoms with van der Waals surface area (Å²) >= 11 is 0. The van der Waals surface area contributed by atoms with E-state index in [9.17, 15) is 0 Å². The molecule has 0 atom stereocenters. The average molecular weight is 201 g/mol. The molecule has 1 saturated carbocycles. The topological polar surface area (TPSA) is 36.9 Å². The molecule has 0 amide bonds. The van der Waals surface area contributed by atoms with Crippen LogP contribution in [0.3, 0.4) is 0 Å². The minimum atomic E-state index is 0.453. The van der Waals surface area contributed by atoms with Crippen molar-refractivity contribution < 1.29 is 4.42 Å². The molecule has 0 aromatic carbocycles. The molecule has 15 heavy (non-hydrogen) atoms. The molecule has 1 aliphatic rings. The number of nitrogens with zero attached hydrogens (tertiary/aromatic N) is 1. The Morgan fingerprint density at radius 1 is 1.40 bits per heavy atom. The zero-order valence-electron chi connectivity index (χ0n) is 8.78. The lowest BCUT2D eigenvalue weighted by Crippen LogP contribution is -2.07. The number of furan rings is 1. The van der Waals surface area contributed by atoms with E-state index in [1.165, 1.54) is 19.3 Å². The summed E-state index contributed by atoms with van der Waals surface area (Å²) in [7, 11) is 0. The molecule has 2 heteroatoms. The highest BCUT2D eigenvalue weighted by Crippen LogP contribution is 2.30. The monoisotopic (exact) mass is 201 g/mol. The van der Waals surface area contributed by atoms with Crippen molar-refractivity contribution in [2.24, 2.45) is 5.92 Å². The summed E-state index contributed by atoms with van der Waals surface area (Å²) in [6, 6.07) is 6.05. The molecule has 1 heterocycles. The van der Waals surface area contributed by atoms with E-state index in [1.807, 2.05) is 18.2 Å². The van der Waals surface area contributed by atoms with Gasteiger partial charge in [0.15, 0.2) is 0 Å². The molecule has 1 fully saturated rings. The second-order valence-corrected chi connectivity index (χ2v) is 4.06. The van der Waals surface area contributed by atoms with Crippen molar-refractivity contribution in [2.45, 2.75) is 32.1 Å². The van der Waals surface area contributed by atoms with Crippen molar-refractivity contribution in [1.82, 2.24) is 0 Å². The maximum Gasteiger partial charge on any atom is 0.127 e. The van der Waals surface area contributed by atoms with E-state index in [4.69, 9.17) is 9.68 Å². The molecular weight excluding hydrogens is 186 g/mol. The van der Waals surface area contributed by atoms with Gasteiger partial charge in [0.1, 0.15) is 5.76 Å². The summed E-state index contributed by atoms with van der Waals surface area (Å²) in [6.07, 6.45) is 9.65. The normalized spacial score (nSPS) is 18.7. The second kappa shape index (κ2) is 4.84. The van der Waals surface area contributed by atoms with Crippen LogP contribution in [-0.2, 0) is 0 Å². The highest BCUT2D eigenvalue weighted by atomic mass is 16.3. The number of rotatable bonds is 2. The highest BCUT2D eigenvalue weighted by molar-refractivity contribution is 5.53. The summed E-state index contributed by atoms with van der Waals surface area (Å²) in [4.78, 5) is 0. The summed E-state index contributed by atoms with van der Waals surface area (Å²) < 4.78 is 5.23. The predicted molar refractivity (Wildman–Crippen MR) is 58.9 cm³/mol. The third-order valence-electron chi connectivity index (χ3n) is 3.02. The molecular formula is C13H15NO. The molecule has 0 bridgehead atoms. The standard InChI is InChI=1S/C13H15NO/c14-10-12(9-13-7-4-8-15-13)11-5-2-1-3-6-11/h4,7-9,11H,1-3,5-6H2/b12-9+. The van der Waals surface area contributed by atoms with Crippen LogP contribution in [0, 0.1) is 17.2 Å². The minimum Gasteiger partial charge on any atom is -0.465 e. The Labute approximate surface area is 90.2 Å². The first-order valence-corrected chi connectivity index (χ1v) is 5.55. The SMILES string of the molecule is N#C/C(=C\c1ccco1)C1CCCCC1. The maximum atomic E-state index is 9.12. The lowest BCUT2D eigenvalue weighted by molar-refractivity contribution is 0.410. The number of nitriles is 1. The lowest BCUT2D eigenvalue weighted by atomic mass is 9.84. The van der Waals surface area contributed by atoms with Gasteiger partial charge in [-0.05, 0) is 37.0 Å². The van der Waals surface area contributed by atoms with E-state index in [0.29, 0.717) is 5.92 Å². The van der Waals surface area contributed by atoms with Crippen molar-refractivity contribution >= 4 is 6.08 Å². The van der Waals surface area contributed by atoms with Gasteiger partial charge in [-0.1, -0.05) is 19.3 Å². The van der Waals surface area contributed by atoms with Crippen LogP contribution in [0.15, 0.2) is 28.4 Å². The van der Waals surface area contributed by atoms with Crippen LogP contribution >= 0.6 is 0 Å². The van der Waals surface area contributed by atoms with Crippen molar-refractivity contribution in [1.29, 1.82) is 5.26 Å². The molecule has 0 radical (unpaired) electrons. The third-order valence-corrected chi connectivity index (χ3v) is 3.02. The van der Waals surface area contributed by atoms with Gasteiger partial charge in [0, 0.05) is 5.57 Å². The fourth-order valence-electron chi connectivity index (χ4n) is 2.18. The third kappa shape index (κ3) is 2.50. The molecule has 2 rings (SSSR count). The average Bonchev–Trinajstić information content (AvgIpc) is 2.80. The van der Waals surface area contributed by atoms with Gasteiger partial charge in [0.2, 0.25) is 0 Å². The van der Waals surface area contributed by atoms with Crippen LogP contribution < -0.4 is 0 Å². The highest BCUT2D eigenvalue weighted by Gasteiger charge is 2.17. The van der Waals surface area contributed by atoms with E-state index in [0.717, 1.165) is 24.2 Å². The van der Waals surface area contributed by atoms with Crippen LogP contribution in [0.1, 0.15) is 37.9 Å². The molecule has 0 N–H and O–H groups in total. The fraction of sp³-hybridized carbons (Fsp3) is 0.462. The largest absolute Gasteiger partial charge is 0.465 e. The van der Waals surface area contributed by atoms with E-state index >= 15 is 0 Å². The Hall–Kier alpha value is -1.49. The zero-order valence-corrected chi connectivity index (χ0v) is 8.78. The smallest absolute Gasteiger partial charge is 0.127 e. The molecule has 0 saturated heterocycles. The number of hydrogen-bond acceptors (Lipinski definition) is 2. The summed E-state index contributed by atoms with van der Waals surface area (Å²) in [5.74, 6) is 1.24. The van der Waals surface area contributed by atoms with Crippen LogP contribution in [-0.4, -0.2) is 0 Å². The Morgan fingerprint density at radius 2 is 2.20 bits per heavy atom. The van der Waals surface area contributed by atoms with Gasteiger partial charge in [-0.2, -0.15) is 5.26 Å². The Balaban J connectivity index is 2.13. The molecule has 2 nitrogen and oxygen atoms in total. The van der Waals surface area contributed by atoms with Crippen molar-refractivity contribution in [3.8, 4) is 6.07 Å². The van der Waals surface area contributed by atoms with Gasteiger partial charge in [-0.25, -0.2) is 0 Å². The first kappa shape index (κ1) is 10.0. The van der Waals surface area contributed by atoms with Gasteiger partial charge in [0.05, 0.1) is 12.3 Å². The van der Waals surface area contributed by atoms with Gasteiger partial charge in [-0.15, -0.1) is 0 Å². The quantitative estimate of drug-likeness (QED) is 0.683. The Kier molecular flexibility index (Phi) is 3.24. The summed E-state index contributed by atoms with van der Waals surface area (Å²) in [5.41, 5.74) is 0.879. The van der Waals surface area contributed by atoms with E-state index in [1.54, 1.807) is 6.26 Å². The summed E-state index contributed by atoms with van der Waals surface area (Å²) in [5, 5.41) is 9.12. The van der Waals surface area contributed by atoms with E-state index in [2.05, 4.69) is 6.07 Å². The van der Waals surface area contributed by atoms with E-state index in [-0.39, 0.29) is 0 Å². The van der Waals surface area contributed by atoms with Crippen molar-refractivity contribution in [3.63, 3.8) is 0 Å². The maximum absolute atomic E-state index is 9.12. The molecule has 1 aromatic rings. The van der Waals surface area contributed by atoms with E-state index < -0.39 is 0 Å². The minimum absolute atomic E-state index is 0.453. The van der Waals surface area contributed by atoms with Gasteiger partial charge in [0.25, 0.3) is 0 Å². The molecule has 1 aliphatic carbocycles. The fourth-order valence-corrected chi connectivity index (χ4v) is 2.18.